The van der Waals surface area contributed by atoms with Gasteiger partial charge in [0, 0.05) is 19.1 Å². The Morgan fingerprint density at radius 2 is 1.93 bits per heavy atom. The Hall–Kier alpha value is -1.99. The van der Waals surface area contributed by atoms with E-state index in [1.807, 2.05) is 24.5 Å². The predicted octanol–water partition coefficient (Wildman–Crippen LogP) is 3.70. The van der Waals surface area contributed by atoms with Gasteiger partial charge in [-0.2, -0.15) is 0 Å². The normalized spacial score (nSPS) is 12.7. The highest BCUT2D eigenvalue weighted by Gasteiger charge is 2.12. The molecule has 0 saturated carbocycles. The quantitative estimate of drug-likeness (QED) is 0.510. The summed E-state index contributed by atoms with van der Waals surface area (Å²) >= 11 is 0. The Morgan fingerprint density at radius 3 is 2.68 bits per heavy atom. The summed E-state index contributed by atoms with van der Waals surface area (Å²) in [7, 11) is 1.49. The topological polar surface area (TPSA) is 79.5 Å². The van der Waals surface area contributed by atoms with Crippen molar-refractivity contribution in [1.29, 1.82) is 0 Å². The van der Waals surface area contributed by atoms with Crippen molar-refractivity contribution in [2.75, 3.05) is 13.7 Å². The Labute approximate surface area is 177 Å². The number of halogens is 2. The zero-order valence-corrected chi connectivity index (χ0v) is 17.5. The number of aliphatic hydroxyl groups is 1. The summed E-state index contributed by atoms with van der Waals surface area (Å²) in [4.78, 5) is 4.40. The van der Waals surface area contributed by atoms with Crippen LogP contribution in [0.4, 0.5) is 0 Å². The first-order chi connectivity index (χ1) is 12.6. The van der Waals surface area contributed by atoms with Crippen LogP contribution < -0.4 is 10.1 Å². The molecule has 0 spiro atoms. The fourth-order valence-corrected chi connectivity index (χ4v) is 2.96. The van der Waals surface area contributed by atoms with E-state index in [9.17, 15) is 10.2 Å². The smallest absolute Gasteiger partial charge is 0.160 e. The molecule has 3 rings (SSSR count). The minimum Gasteiger partial charge on any atom is -0.504 e. The number of benzene rings is 2. The van der Waals surface area contributed by atoms with Gasteiger partial charge in [0.15, 0.2) is 11.5 Å². The summed E-state index contributed by atoms with van der Waals surface area (Å²) in [6, 6.07) is 13.2. The number of fused-ring (bicyclic) bond motifs is 1. The van der Waals surface area contributed by atoms with Crippen molar-refractivity contribution in [2.45, 2.75) is 32.0 Å². The number of para-hydroxylation sites is 2. The standard InChI is InChI=1S/C20H25N3O3.2ClH/c1-14(9-10-23-13-22-16-5-3-4-6-17(16)23)21-12-19(25)15-7-8-18(24)20(11-15)26-2;;/h3-8,11,13-14,19,21,24-25H,9-10,12H2,1-2H3;2*1H. The maximum absolute atomic E-state index is 10.4. The summed E-state index contributed by atoms with van der Waals surface area (Å²) < 4.78 is 7.23. The molecule has 0 bridgehead atoms. The van der Waals surface area contributed by atoms with Crippen molar-refractivity contribution in [3.05, 3.63) is 54.4 Å². The number of phenols is 1. The lowest BCUT2D eigenvalue weighted by atomic mass is 10.1. The molecule has 6 nitrogen and oxygen atoms in total. The third-order valence-corrected chi connectivity index (χ3v) is 4.58. The Bertz CT molecular complexity index is 873. The lowest BCUT2D eigenvalue weighted by molar-refractivity contribution is 0.169. The van der Waals surface area contributed by atoms with Crippen LogP contribution in [0.25, 0.3) is 11.0 Å². The van der Waals surface area contributed by atoms with Gasteiger partial charge in [-0.25, -0.2) is 4.98 Å². The number of phenolic OH excluding ortho intramolecular Hbond substituents is 1. The number of nitrogens with one attached hydrogen (secondary N) is 1. The molecule has 0 radical (unpaired) electrons. The lowest BCUT2D eigenvalue weighted by Crippen LogP contribution is -2.31. The van der Waals surface area contributed by atoms with Gasteiger partial charge >= 0.3 is 0 Å². The van der Waals surface area contributed by atoms with Crippen LogP contribution in [-0.2, 0) is 6.54 Å². The number of methoxy groups -OCH3 is 1. The van der Waals surface area contributed by atoms with Gasteiger partial charge in [-0.05, 0) is 43.2 Å². The van der Waals surface area contributed by atoms with Crippen LogP contribution in [0.3, 0.4) is 0 Å². The lowest BCUT2D eigenvalue weighted by Gasteiger charge is -2.18. The molecule has 1 aromatic heterocycles. The summed E-state index contributed by atoms with van der Waals surface area (Å²) in [5, 5.41) is 23.4. The highest BCUT2D eigenvalue weighted by molar-refractivity contribution is 5.85. The maximum Gasteiger partial charge on any atom is 0.160 e. The first-order valence-electron chi connectivity index (χ1n) is 8.76. The molecule has 0 fully saturated rings. The molecule has 0 aliphatic carbocycles. The number of rotatable bonds is 8. The number of imidazole rings is 1. The van der Waals surface area contributed by atoms with Gasteiger partial charge < -0.3 is 24.8 Å². The zero-order valence-electron chi connectivity index (χ0n) is 15.9. The second-order valence-electron chi connectivity index (χ2n) is 6.47. The van der Waals surface area contributed by atoms with E-state index >= 15 is 0 Å². The van der Waals surface area contributed by atoms with Crippen LogP contribution in [0.5, 0.6) is 11.5 Å². The Kier molecular flexibility index (Phi) is 9.55. The molecule has 3 N–H and O–H groups in total. The van der Waals surface area contributed by atoms with Crippen molar-refractivity contribution in [3.63, 3.8) is 0 Å². The second-order valence-corrected chi connectivity index (χ2v) is 6.47. The van der Waals surface area contributed by atoms with Gasteiger partial charge in [-0.15, -0.1) is 24.8 Å². The molecular weight excluding hydrogens is 401 g/mol. The molecule has 0 saturated heterocycles. The van der Waals surface area contributed by atoms with Gasteiger partial charge in [0.05, 0.1) is 30.6 Å². The van der Waals surface area contributed by atoms with Crippen LogP contribution >= 0.6 is 24.8 Å². The minimum absolute atomic E-state index is 0. The highest BCUT2D eigenvalue weighted by atomic mass is 35.5. The number of aliphatic hydroxyl groups excluding tert-OH is 1. The number of aromatic hydroxyl groups is 1. The molecule has 8 heteroatoms. The van der Waals surface area contributed by atoms with Crippen LogP contribution in [0.2, 0.25) is 0 Å². The van der Waals surface area contributed by atoms with Crippen LogP contribution in [-0.4, -0.2) is 39.5 Å². The average molecular weight is 428 g/mol. The molecule has 2 unspecified atom stereocenters. The molecule has 2 atom stereocenters. The van der Waals surface area contributed by atoms with Crippen molar-refractivity contribution < 1.29 is 14.9 Å². The number of nitrogens with zero attached hydrogens (tertiary/aromatic N) is 2. The van der Waals surface area contributed by atoms with Crippen molar-refractivity contribution in [2.24, 2.45) is 0 Å². The largest absolute Gasteiger partial charge is 0.504 e. The van der Waals surface area contributed by atoms with Gasteiger partial charge in [0.25, 0.3) is 0 Å². The summed E-state index contributed by atoms with van der Waals surface area (Å²) in [6.45, 7) is 3.39. The van der Waals surface area contributed by atoms with E-state index in [1.54, 1.807) is 12.1 Å². The molecule has 2 aromatic carbocycles. The number of hydrogen-bond acceptors (Lipinski definition) is 5. The molecule has 0 amide bonds. The van der Waals surface area contributed by atoms with E-state index in [4.69, 9.17) is 4.74 Å². The monoisotopic (exact) mass is 427 g/mol. The Morgan fingerprint density at radius 1 is 1.18 bits per heavy atom. The maximum atomic E-state index is 10.4. The molecule has 0 aliphatic heterocycles. The van der Waals surface area contributed by atoms with E-state index in [2.05, 4.69) is 27.9 Å². The van der Waals surface area contributed by atoms with Crippen LogP contribution in [0.15, 0.2) is 48.8 Å². The highest BCUT2D eigenvalue weighted by Crippen LogP contribution is 2.28. The first-order valence-corrected chi connectivity index (χ1v) is 8.76. The van der Waals surface area contributed by atoms with Gasteiger partial charge in [0.2, 0.25) is 0 Å². The molecular formula is C20H27Cl2N3O3. The average Bonchev–Trinajstić information content (AvgIpc) is 3.08. The van der Waals surface area contributed by atoms with E-state index < -0.39 is 6.10 Å². The number of ether oxygens (including phenoxy) is 1. The molecule has 0 aliphatic rings. The minimum atomic E-state index is -0.666. The van der Waals surface area contributed by atoms with Gasteiger partial charge in [-0.1, -0.05) is 18.2 Å². The zero-order chi connectivity index (χ0) is 18.5. The summed E-state index contributed by atoms with van der Waals surface area (Å²) in [5.41, 5.74) is 2.85. The Balaban J connectivity index is 0.00000196. The van der Waals surface area contributed by atoms with Crippen molar-refractivity contribution in [1.82, 2.24) is 14.9 Å². The summed E-state index contributed by atoms with van der Waals surface area (Å²) in [6.07, 6.45) is 2.13. The SMILES string of the molecule is COc1cc(C(O)CNC(C)CCn2cnc3ccccc32)ccc1O.Cl.Cl. The first kappa shape index (κ1) is 24.0. The number of hydrogen-bond donors (Lipinski definition) is 3. The van der Waals surface area contributed by atoms with E-state index in [-0.39, 0.29) is 36.6 Å². The molecule has 28 heavy (non-hydrogen) atoms. The fraction of sp³-hybridized carbons (Fsp3) is 0.350. The third-order valence-electron chi connectivity index (χ3n) is 4.58. The predicted molar refractivity (Wildman–Crippen MR) is 116 cm³/mol. The number of aromatic nitrogens is 2. The van der Waals surface area contributed by atoms with E-state index in [1.165, 1.54) is 13.2 Å². The van der Waals surface area contributed by atoms with Gasteiger partial charge in [0.1, 0.15) is 0 Å². The molecule has 154 valence electrons. The van der Waals surface area contributed by atoms with Crippen LogP contribution in [0, 0.1) is 0 Å². The fourth-order valence-electron chi connectivity index (χ4n) is 2.96. The number of aryl methyl sites for hydroxylation is 1. The molecule has 3 aromatic rings. The van der Waals surface area contributed by atoms with Crippen molar-refractivity contribution >= 4 is 35.8 Å². The molecule has 1 heterocycles. The van der Waals surface area contributed by atoms with Crippen LogP contribution in [0.1, 0.15) is 25.0 Å². The second kappa shape index (κ2) is 11.1. The summed E-state index contributed by atoms with van der Waals surface area (Å²) in [5.74, 6) is 0.430. The van der Waals surface area contributed by atoms with E-state index in [0.29, 0.717) is 17.9 Å². The van der Waals surface area contributed by atoms with Crippen molar-refractivity contribution in [3.8, 4) is 11.5 Å². The van der Waals surface area contributed by atoms with Gasteiger partial charge in [-0.3, -0.25) is 0 Å². The third kappa shape index (κ3) is 5.75. The van der Waals surface area contributed by atoms with E-state index in [0.717, 1.165) is 24.0 Å².